The zero-order valence-corrected chi connectivity index (χ0v) is 18.8. The van der Waals surface area contributed by atoms with Gasteiger partial charge in [-0.25, -0.2) is 4.79 Å². The topological polar surface area (TPSA) is 108 Å². The van der Waals surface area contributed by atoms with Crippen LogP contribution in [0.2, 0.25) is 0 Å². The van der Waals surface area contributed by atoms with Crippen molar-refractivity contribution >= 4 is 11.9 Å². The number of carbonyl (C=O) groups is 2. The Kier molecular flexibility index (Phi) is 4.58. The first kappa shape index (κ1) is 21.0. The average molecular weight is 455 g/mol. The number of piperidine rings is 1. The summed E-state index contributed by atoms with van der Waals surface area (Å²) < 4.78 is 11.0. The van der Waals surface area contributed by atoms with E-state index in [9.17, 15) is 19.8 Å². The standard InChI is InChI=1S/C25H30N2O6/c1-32-20(30)7-6-19(29)26-16-8-9-25(31)18-12-15-4-5-17(28)22-21(15)24(25,23(16)33-22)10-11-27(18)13-14-2-3-14/h4-7,14,16,18,23,28,31H,2-3,8-13H2,1H3,(H,26,29)/b7-6+/t16?,18-,23?,24-,25+/m1/s1. The molecule has 3 fully saturated rings. The number of carbonyl (C=O) groups excluding carboxylic acids is 2. The van der Waals surface area contributed by atoms with Gasteiger partial charge >= 0.3 is 5.97 Å². The highest BCUT2D eigenvalue weighted by molar-refractivity contribution is 5.94. The first-order chi connectivity index (χ1) is 15.9. The molecular weight excluding hydrogens is 424 g/mol. The minimum atomic E-state index is -0.986. The van der Waals surface area contributed by atoms with Crippen LogP contribution in [0.4, 0.5) is 0 Å². The van der Waals surface area contributed by atoms with Gasteiger partial charge in [0.05, 0.1) is 24.2 Å². The monoisotopic (exact) mass is 454 g/mol. The Bertz CT molecular complexity index is 1050. The molecule has 6 rings (SSSR count). The van der Waals surface area contributed by atoms with Gasteiger partial charge < -0.3 is 25.0 Å². The van der Waals surface area contributed by atoms with Crippen LogP contribution in [0.25, 0.3) is 0 Å². The van der Waals surface area contributed by atoms with E-state index < -0.39 is 29.0 Å². The quantitative estimate of drug-likeness (QED) is 0.453. The number of benzene rings is 1. The third-order valence-corrected chi connectivity index (χ3v) is 8.66. The molecule has 33 heavy (non-hydrogen) atoms. The number of phenols is 1. The number of aliphatic hydroxyl groups is 1. The van der Waals surface area contributed by atoms with E-state index in [0.717, 1.165) is 48.7 Å². The van der Waals surface area contributed by atoms with Crippen molar-refractivity contribution in [3.63, 3.8) is 0 Å². The number of phenolic OH excluding ortho intramolecular Hbond substituents is 1. The largest absolute Gasteiger partial charge is 0.504 e. The number of amides is 1. The molecule has 3 aliphatic carbocycles. The van der Waals surface area contributed by atoms with E-state index in [1.54, 1.807) is 6.07 Å². The van der Waals surface area contributed by atoms with Crippen LogP contribution in [0.5, 0.6) is 11.5 Å². The van der Waals surface area contributed by atoms with Crippen molar-refractivity contribution in [1.82, 2.24) is 10.2 Å². The summed E-state index contributed by atoms with van der Waals surface area (Å²) in [6, 6.07) is 3.29. The van der Waals surface area contributed by atoms with Crippen molar-refractivity contribution in [2.24, 2.45) is 5.92 Å². The number of hydrogen-bond donors (Lipinski definition) is 3. The van der Waals surface area contributed by atoms with Gasteiger partial charge in [-0.1, -0.05) is 6.07 Å². The van der Waals surface area contributed by atoms with Gasteiger partial charge in [0.15, 0.2) is 11.5 Å². The Morgan fingerprint density at radius 2 is 2.09 bits per heavy atom. The molecule has 2 saturated carbocycles. The lowest BCUT2D eigenvalue weighted by Gasteiger charge is -2.64. The van der Waals surface area contributed by atoms with Gasteiger partial charge in [-0.3, -0.25) is 9.69 Å². The fourth-order valence-corrected chi connectivity index (χ4v) is 7.07. The molecule has 2 aliphatic heterocycles. The van der Waals surface area contributed by atoms with Gasteiger partial charge in [0.1, 0.15) is 6.10 Å². The fraction of sp³-hybridized carbons (Fsp3) is 0.600. The summed E-state index contributed by atoms with van der Waals surface area (Å²) in [5, 5.41) is 26.0. The molecular formula is C25H30N2O6. The van der Waals surface area contributed by atoms with Gasteiger partial charge in [0.25, 0.3) is 0 Å². The third kappa shape index (κ3) is 2.89. The van der Waals surface area contributed by atoms with Crippen LogP contribution in [-0.2, 0) is 26.2 Å². The van der Waals surface area contributed by atoms with Crippen LogP contribution in [-0.4, -0.2) is 71.0 Å². The molecule has 1 amide bonds. The molecule has 0 radical (unpaired) electrons. The second-order valence-electron chi connectivity index (χ2n) is 10.3. The zero-order valence-electron chi connectivity index (χ0n) is 18.8. The van der Waals surface area contributed by atoms with Crippen molar-refractivity contribution in [3.05, 3.63) is 35.4 Å². The molecule has 2 heterocycles. The van der Waals surface area contributed by atoms with Gasteiger partial charge in [0, 0.05) is 30.3 Å². The number of nitrogens with zero attached hydrogens (tertiary/aromatic N) is 1. The summed E-state index contributed by atoms with van der Waals surface area (Å²) in [7, 11) is 1.26. The molecule has 5 aliphatic rings. The van der Waals surface area contributed by atoms with Crippen molar-refractivity contribution in [2.75, 3.05) is 20.2 Å². The summed E-state index contributed by atoms with van der Waals surface area (Å²) >= 11 is 0. The highest BCUT2D eigenvalue weighted by Gasteiger charge is 2.73. The maximum absolute atomic E-state index is 12.6. The van der Waals surface area contributed by atoms with Gasteiger partial charge in [-0.2, -0.15) is 0 Å². The van der Waals surface area contributed by atoms with Crippen LogP contribution >= 0.6 is 0 Å². The van der Waals surface area contributed by atoms with E-state index in [-0.39, 0.29) is 17.8 Å². The van der Waals surface area contributed by atoms with E-state index in [0.29, 0.717) is 25.0 Å². The zero-order chi connectivity index (χ0) is 23.0. The first-order valence-electron chi connectivity index (χ1n) is 11.9. The van der Waals surface area contributed by atoms with E-state index in [2.05, 4.69) is 15.0 Å². The predicted molar refractivity (Wildman–Crippen MR) is 118 cm³/mol. The van der Waals surface area contributed by atoms with Crippen LogP contribution in [0.3, 0.4) is 0 Å². The Morgan fingerprint density at radius 3 is 2.85 bits per heavy atom. The van der Waals surface area contributed by atoms with Crippen molar-refractivity contribution in [2.45, 2.75) is 67.7 Å². The number of ether oxygens (including phenoxy) is 2. The fourth-order valence-electron chi connectivity index (χ4n) is 7.07. The number of esters is 1. The summed E-state index contributed by atoms with van der Waals surface area (Å²) in [6.07, 6.45) is 6.84. The highest BCUT2D eigenvalue weighted by atomic mass is 16.5. The SMILES string of the molecule is COC(=O)/C=C/C(=O)NC1CC[C@]2(O)[C@H]3Cc4ccc(O)c5c4[C@]2(CCN3CC2CC2)C1O5. The Hall–Kier alpha value is -2.58. The molecule has 1 spiro atoms. The first-order valence-corrected chi connectivity index (χ1v) is 11.9. The molecule has 5 atom stereocenters. The summed E-state index contributed by atoms with van der Waals surface area (Å²) in [5.74, 6) is 0.256. The van der Waals surface area contributed by atoms with Gasteiger partial charge in [-0.15, -0.1) is 0 Å². The van der Waals surface area contributed by atoms with Gasteiger partial charge in [0.2, 0.25) is 5.91 Å². The maximum atomic E-state index is 12.6. The maximum Gasteiger partial charge on any atom is 0.330 e. The van der Waals surface area contributed by atoms with E-state index >= 15 is 0 Å². The molecule has 1 aromatic carbocycles. The molecule has 0 aromatic heterocycles. The van der Waals surface area contributed by atoms with Crippen LogP contribution in [0.1, 0.15) is 43.2 Å². The van der Waals surface area contributed by atoms with Crippen LogP contribution in [0.15, 0.2) is 24.3 Å². The predicted octanol–water partition coefficient (Wildman–Crippen LogP) is 1.17. The van der Waals surface area contributed by atoms with Crippen LogP contribution in [0, 0.1) is 5.92 Å². The van der Waals surface area contributed by atoms with Crippen molar-refractivity contribution in [3.8, 4) is 11.5 Å². The van der Waals surface area contributed by atoms with Crippen LogP contribution < -0.4 is 10.1 Å². The summed E-state index contributed by atoms with van der Waals surface area (Å²) in [5.41, 5.74) is 0.390. The lowest BCUT2D eigenvalue weighted by molar-refractivity contribution is -0.192. The minimum Gasteiger partial charge on any atom is -0.504 e. The lowest BCUT2D eigenvalue weighted by Crippen LogP contribution is -2.78. The number of likely N-dealkylation sites (tertiary alicyclic amines) is 1. The molecule has 1 aromatic rings. The molecule has 8 heteroatoms. The smallest absolute Gasteiger partial charge is 0.330 e. The number of rotatable bonds is 5. The summed E-state index contributed by atoms with van der Waals surface area (Å²) in [4.78, 5) is 26.4. The number of nitrogens with one attached hydrogen (secondary N) is 1. The van der Waals surface area contributed by atoms with Gasteiger partial charge in [-0.05, 0) is 62.6 Å². The molecule has 176 valence electrons. The van der Waals surface area contributed by atoms with E-state index in [1.165, 1.54) is 20.0 Å². The third-order valence-electron chi connectivity index (χ3n) is 8.66. The van der Waals surface area contributed by atoms with Crippen molar-refractivity contribution in [1.29, 1.82) is 0 Å². The highest BCUT2D eigenvalue weighted by Crippen LogP contribution is 2.65. The van der Waals surface area contributed by atoms with E-state index in [4.69, 9.17) is 4.74 Å². The lowest BCUT2D eigenvalue weighted by atomic mass is 9.48. The molecule has 2 unspecified atom stereocenters. The number of hydrogen-bond acceptors (Lipinski definition) is 7. The van der Waals surface area contributed by atoms with E-state index in [1.807, 2.05) is 6.07 Å². The molecule has 8 nitrogen and oxygen atoms in total. The molecule has 1 saturated heterocycles. The number of methoxy groups -OCH3 is 1. The Labute approximate surface area is 192 Å². The molecule has 3 N–H and O–H groups in total. The second kappa shape index (κ2) is 7.21. The normalized spacial score (nSPS) is 36.2. The molecule has 2 bridgehead atoms. The Morgan fingerprint density at radius 1 is 1.27 bits per heavy atom. The second-order valence-corrected chi connectivity index (χ2v) is 10.3. The average Bonchev–Trinajstić information content (AvgIpc) is 3.54. The summed E-state index contributed by atoms with van der Waals surface area (Å²) in [6.45, 7) is 1.88. The van der Waals surface area contributed by atoms with Crippen molar-refractivity contribution < 1.29 is 29.3 Å². The Balaban J connectivity index is 1.38. The minimum absolute atomic E-state index is 0.00295. The number of aromatic hydroxyl groups is 1.